The fraction of sp³-hybridized carbons (Fsp3) is 0.250. The lowest BCUT2D eigenvalue weighted by molar-refractivity contribution is 0.102. The third kappa shape index (κ3) is 2.18. The van der Waals surface area contributed by atoms with E-state index in [1.54, 1.807) is 29.1 Å². The lowest BCUT2D eigenvalue weighted by Crippen LogP contribution is -2.14. The smallest absolute Gasteiger partial charge is 0.274 e. The van der Waals surface area contributed by atoms with E-state index in [2.05, 4.69) is 15.4 Å². The van der Waals surface area contributed by atoms with E-state index >= 15 is 0 Å². The van der Waals surface area contributed by atoms with Crippen LogP contribution in [0.5, 0.6) is 0 Å². The van der Waals surface area contributed by atoms with Gasteiger partial charge in [-0.3, -0.25) is 14.5 Å². The minimum atomic E-state index is -0.218. The monoisotopic (exact) mass is 230 g/mol. The molecule has 2 rings (SSSR count). The van der Waals surface area contributed by atoms with Crippen molar-refractivity contribution in [3.05, 3.63) is 41.5 Å². The van der Waals surface area contributed by atoms with Gasteiger partial charge < -0.3 is 5.32 Å². The highest BCUT2D eigenvalue weighted by Gasteiger charge is 2.13. The number of anilines is 1. The van der Waals surface area contributed by atoms with Crippen LogP contribution in [-0.2, 0) is 7.05 Å². The van der Waals surface area contributed by atoms with Crippen molar-refractivity contribution < 1.29 is 4.79 Å². The molecular weight excluding hydrogens is 216 g/mol. The first-order chi connectivity index (χ1) is 8.09. The summed E-state index contributed by atoms with van der Waals surface area (Å²) in [5, 5.41) is 7.07. The SMILES string of the molecule is Cc1nn(C)c(C)c1NC(=O)c1ccccn1. The van der Waals surface area contributed by atoms with Crippen molar-refractivity contribution in [2.75, 3.05) is 5.32 Å². The Kier molecular flexibility index (Phi) is 2.91. The van der Waals surface area contributed by atoms with Crippen molar-refractivity contribution in [3.8, 4) is 0 Å². The standard InChI is InChI=1S/C12H14N4O/c1-8-11(9(2)16(3)15-8)14-12(17)10-6-4-5-7-13-10/h4-7H,1-3H3,(H,14,17). The van der Waals surface area contributed by atoms with E-state index in [9.17, 15) is 4.79 Å². The Hall–Kier alpha value is -2.17. The van der Waals surface area contributed by atoms with Crippen molar-refractivity contribution in [1.82, 2.24) is 14.8 Å². The van der Waals surface area contributed by atoms with E-state index in [1.165, 1.54) is 0 Å². The zero-order chi connectivity index (χ0) is 12.4. The van der Waals surface area contributed by atoms with E-state index in [0.717, 1.165) is 17.1 Å². The summed E-state index contributed by atoms with van der Waals surface area (Å²) in [5.74, 6) is -0.218. The van der Waals surface area contributed by atoms with Crippen LogP contribution in [0.4, 0.5) is 5.69 Å². The quantitative estimate of drug-likeness (QED) is 0.854. The molecule has 2 aromatic heterocycles. The van der Waals surface area contributed by atoms with Gasteiger partial charge in [-0.2, -0.15) is 5.10 Å². The van der Waals surface area contributed by atoms with E-state index in [4.69, 9.17) is 0 Å². The number of hydrogen-bond acceptors (Lipinski definition) is 3. The second-order valence-corrected chi connectivity index (χ2v) is 3.84. The molecule has 0 radical (unpaired) electrons. The maximum absolute atomic E-state index is 11.9. The number of carbonyl (C=O) groups is 1. The second-order valence-electron chi connectivity index (χ2n) is 3.84. The fourth-order valence-electron chi connectivity index (χ4n) is 1.63. The van der Waals surface area contributed by atoms with Gasteiger partial charge in [0.1, 0.15) is 5.69 Å². The van der Waals surface area contributed by atoms with Gasteiger partial charge in [0.15, 0.2) is 0 Å². The number of aryl methyl sites for hydroxylation is 2. The summed E-state index contributed by atoms with van der Waals surface area (Å²) in [6.45, 7) is 3.77. The molecule has 0 atom stereocenters. The van der Waals surface area contributed by atoms with Gasteiger partial charge in [0.25, 0.3) is 5.91 Å². The summed E-state index contributed by atoms with van der Waals surface area (Å²) in [7, 11) is 1.85. The first kappa shape index (κ1) is 11.3. The molecule has 5 nitrogen and oxygen atoms in total. The van der Waals surface area contributed by atoms with Crippen LogP contribution >= 0.6 is 0 Å². The van der Waals surface area contributed by atoms with Crippen molar-refractivity contribution in [3.63, 3.8) is 0 Å². The van der Waals surface area contributed by atoms with E-state index < -0.39 is 0 Å². The molecule has 17 heavy (non-hydrogen) atoms. The van der Waals surface area contributed by atoms with Gasteiger partial charge in [0, 0.05) is 13.2 Å². The summed E-state index contributed by atoms with van der Waals surface area (Å²) in [4.78, 5) is 15.9. The molecule has 0 fully saturated rings. The highest BCUT2D eigenvalue weighted by molar-refractivity contribution is 6.03. The summed E-state index contributed by atoms with van der Waals surface area (Å²) in [5.41, 5.74) is 2.87. The van der Waals surface area contributed by atoms with Crippen LogP contribution in [0.1, 0.15) is 21.9 Å². The van der Waals surface area contributed by atoms with Gasteiger partial charge in [0.2, 0.25) is 0 Å². The van der Waals surface area contributed by atoms with Crippen molar-refractivity contribution in [2.45, 2.75) is 13.8 Å². The Morgan fingerprint density at radius 3 is 2.65 bits per heavy atom. The minimum absolute atomic E-state index is 0.218. The number of nitrogens with zero attached hydrogens (tertiary/aromatic N) is 3. The van der Waals surface area contributed by atoms with Gasteiger partial charge in [0.05, 0.1) is 17.1 Å². The Morgan fingerprint density at radius 1 is 1.35 bits per heavy atom. The molecular formula is C12H14N4O. The number of carbonyl (C=O) groups excluding carboxylic acids is 1. The molecule has 0 aromatic carbocycles. The molecule has 1 amide bonds. The first-order valence-corrected chi connectivity index (χ1v) is 5.32. The molecule has 0 spiro atoms. The van der Waals surface area contributed by atoms with Gasteiger partial charge >= 0.3 is 0 Å². The van der Waals surface area contributed by atoms with Crippen LogP contribution in [0.25, 0.3) is 0 Å². The lowest BCUT2D eigenvalue weighted by Gasteiger charge is -2.04. The fourth-order valence-corrected chi connectivity index (χ4v) is 1.63. The van der Waals surface area contributed by atoms with Crippen LogP contribution in [0, 0.1) is 13.8 Å². The predicted molar refractivity (Wildman–Crippen MR) is 64.9 cm³/mol. The molecule has 0 saturated carbocycles. The average Bonchev–Trinajstić information content (AvgIpc) is 2.57. The summed E-state index contributed by atoms with van der Waals surface area (Å²) in [6, 6.07) is 5.23. The molecule has 0 aliphatic carbocycles. The molecule has 88 valence electrons. The summed E-state index contributed by atoms with van der Waals surface area (Å²) in [6.07, 6.45) is 1.60. The largest absolute Gasteiger partial charge is 0.317 e. The second kappa shape index (κ2) is 4.37. The number of amides is 1. The minimum Gasteiger partial charge on any atom is -0.317 e. The van der Waals surface area contributed by atoms with E-state index in [1.807, 2.05) is 20.9 Å². The topological polar surface area (TPSA) is 59.8 Å². The van der Waals surface area contributed by atoms with Crippen LogP contribution in [0.2, 0.25) is 0 Å². The maximum Gasteiger partial charge on any atom is 0.274 e. The zero-order valence-electron chi connectivity index (χ0n) is 10.1. The summed E-state index contributed by atoms with van der Waals surface area (Å²) >= 11 is 0. The molecule has 0 aliphatic heterocycles. The average molecular weight is 230 g/mol. The maximum atomic E-state index is 11.9. The predicted octanol–water partition coefficient (Wildman–Crippen LogP) is 1.68. The molecule has 1 N–H and O–H groups in total. The molecule has 2 aromatic rings. The van der Waals surface area contributed by atoms with Gasteiger partial charge in [-0.05, 0) is 26.0 Å². The molecule has 0 unspecified atom stereocenters. The highest BCUT2D eigenvalue weighted by atomic mass is 16.1. The molecule has 5 heteroatoms. The van der Waals surface area contributed by atoms with Crippen molar-refractivity contribution in [2.24, 2.45) is 7.05 Å². The van der Waals surface area contributed by atoms with Crippen LogP contribution in [0.3, 0.4) is 0 Å². The third-order valence-corrected chi connectivity index (χ3v) is 2.65. The number of pyridine rings is 1. The normalized spacial score (nSPS) is 10.3. The molecule has 0 bridgehead atoms. The number of hydrogen-bond donors (Lipinski definition) is 1. The van der Waals surface area contributed by atoms with Gasteiger partial charge in [-0.25, -0.2) is 0 Å². The Balaban J connectivity index is 2.25. The van der Waals surface area contributed by atoms with Crippen molar-refractivity contribution >= 4 is 11.6 Å². The molecule has 0 aliphatic rings. The number of rotatable bonds is 2. The zero-order valence-corrected chi connectivity index (χ0v) is 10.1. The number of nitrogens with one attached hydrogen (secondary N) is 1. The van der Waals surface area contributed by atoms with Crippen LogP contribution in [0.15, 0.2) is 24.4 Å². The third-order valence-electron chi connectivity index (χ3n) is 2.65. The Morgan fingerprint density at radius 2 is 2.12 bits per heavy atom. The Labute approximate surface area is 99.5 Å². The van der Waals surface area contributed by atoms with Crippen molar-refractivity contribution in [1.29, 1.82) is 0 Å². The molecule has 0 saturated heterocycles. The lowest BCUT2D eigenvalue weighted by atomic mass is 10.3. The van der Waals surface area contributed by atoms with Crippen LogP contribution in [-0.4, -0.2) is 20.7 Å². The van der Waals surface area contributed by atoms with Gasteiger partial charge in [-0.15, -0.1) is 0 Å². The highest BCUT2D eigenvalue weighted by Crippen LogP contribution is 2.18. The van der Waals surface area contributed by atoms with Crippen LogP contribution < -0.4 is 5.32 Å². The first-order valence-electron chi connectivity index (χ1n) is 5.32. The van der Waals surface area contributed by atoms with E-state index in [0.29, 0.717) is 5.69 Å². The van der Waals surface area contributed by atoms with Gasteiger partial charge in [-0.1, -0.05) is 6.07 Å². The summed E-state index contributed by atoms with van der Waals surface area (Å²) < 4.78 is 1.74. The number of aromatic nitrogens is 3. The Bertz CT molecular complexity index is 545. The molecule has 2 heterocycles. The van der Waals surface area contributed by atoms with E-state index in [-0.39, 0.29) is 5.91 Å².